The molecule has 0 aliphatic rings. The molecule has 1 N–H and O–H groups in total. The molecule has 0 atom stereocenters. The number of aromatic nitrogens is 1. The molecular formula is C11H18N2O4S. The van der Waals surface area contributed by atoms with Crippen molar-refractivity contribution in [3.8, 4) is 0 Å². The summed E-state index contributed by atoms with van der Waals surface area (Å²) < 4.78 is 30.7. The van der Waals surface area contributed by atoms with E-state index in [0.29, 0.717) is 12.3 Å². The first-order valence-corrected chi connectivity index (χ1v) is 7.21. The molecule has 0 saturated heterocycles. The molecule has 0 aliphatic heterocycles. The molecule has 1 rings (SSSR count). The van der Waals surface area contributed by atoms with Crippen LogP contribution in [0.15, 0.2) is 9.42 Å². The third kappa shape index (κ3) is 3.56. The maximum Gasteiger partial charge on any atom is 0.269 e. The zero-order valence-corrected chi connectivity index (χ0v) is 11.8. The van der Waals surface area contributed by atoms with E-state index in [4.69, 9.17) is 4.52 Å². The van der Waals surface area contributed by atoms with Gasteiger partial charge in [0.25, 0.3) is 10.0 Å². The van der Waals surface area contributed by atoms with Crippen LogP contribution in [0.5, 0.6) is 0 Å². The molecule has 1 aromatic heterocycles. The zero-order chi connectivity index (χ0) is 13.9. The number of rotatable bonds is 5. The van der Waals surface area contributed by atoms with Crippen molar-refractivity contribution in [1.82, 2.24) is 9.88 Å². The largest absolute Gasteiger partial charge is 0.360 e. The Hall–Kier alpha value is -1.37. The first-order valence-electron chi connectivity index (χ1n) is 5.72. The van der Waals surface area contributed by atoms with Gasteiger partial charge in [-0.2, -0.15) is 0 Å². The SMILES string of the molecule is Cc1noc(C)c1S(=O)(=O)NC(=O)CCC(C)C. The summed E-state index contributed by atoms with van der Waals surface area (Å²) in [5.41, 5.74) is 0.247. The number of amides is 1. The van der Waals surface area contributed by atoms with E-state index in [2.05, 4.69) is 5.16 Å². The number of carbonyl (C=O) groups is 1. The molecule has 6 nitrogen and oxygen atoms in total. The molecule has 1 heterocycles. The van der Waals surface area contributed by atoms with Crippen LogP contribution in [-0.4, -0.2) is 19.5 Å². The first kappa shape index (κ1) is 14.7. The van der Waals surface area contributed by atoms with Crippen molar-refractivity contribution in [1.29, 1.82) is 0 Å². The van der Waals surface area contributed by atoms with Crippen LogP contribution in [0, 0.1) is 19.8 Å². The predicted octanol–water partition coefficient (Wildman–Crippen LogP) is 1.53. The van der Waals surface area contributed by atoms with Gasteiger partial charge in [0.1, 0.15) is 5.69 Å². The van der Waals surface area contributed by atoms with E-state index < -0.39 is 15.9 Å². The molecule has 0 fully saturated rings. The standard InChI is InChI=1S/C11H18N2O4S/c1-7(2)5-6-10(14)13-18(15,16)11-8(3)12-17-9(11)4/h7H,5-6H2,1-4H3,(H,13,14). The van der Waals surface area contributed by atoms with E-state index in [1.165, 1.54) is 13.8 Å². The summed E-state index contributed by atoms with van der Waals surface area (Å²) in [4.78, 5) is 11.5. The average Bonchev–Trinajstić information content (AvgIpc) is 2.55. The first-order chi connectivity index (χ1) is 8.24. The molecule has 0 bridgehead atoms. The minimum atomic E-state index is -3.88. The Morgan fingerprint density at radius 1 is 1.39 bits per heavy atom. The fraction of sp³-hybridized carbons (Fsp3) is 0.636. The van der Waals surface area contributed by atoms with Gasteiger partial charge >= 0.3 is 0 Å². The van der Waals surface area contributed by atoms with Gasteiger partial charge in [-0.05, 0) is 26.2 Å². The van der Waals surface area contributed by atoms with Gasteiger partial charge in [-0.1, -0.05) is 19.0 Å². The van der Waals surface area contributed by atoms with Crippen LogP contribution >= 0.6 is 0 Å². The van der Waals surface area contributed by atoms with Crippen LogP contribution in [-0.2, 0) is 14.8 Å². The van der Waals surface area contributed by atoms with Gasteiger partial charge in [0.05, 0.1) is 0 Å². The number of sulfonamides is 1. The monoisotopic (exact) mass is 274 g/mol. The molecule has 1 amide bonds. The third-order valence-corrected chi connectivity index (χ3v) is 4.05. The van der Waals surface area contributed by atoms with Crippen LogP contribution in [0.2, 0.25) is 0 Å². The smallest absolute Gasteiger partial charge is 0.269 e. The molecule has 0 aliphatic carbocycles. The van der Waals surface area contributed by atoms with Gasteiger partial charge in [-0.15, -0.1) is 0 Å². The van der Waals surface area contributed by atoms with Crippen molar-refractivity contribution in [2.75, 3.05) is 0 Å². The van der Waals surface area contributed by atoms with Gasteiger partial charge in [-0.3, -0.25) is 4.79 Å². The van der Waals surface area contributed by atoms with E-state index in [9.17, 15) is 13.2 Å². The Balaban J connectivity index is 2.80. The van der Waals surface area contributed by atoms with Crippen molar-refractivity contribution in [2.24, 2.45) is 5.92 Å². The van der Waals surface area contributed by atoms with E-state index in [1.807, 2.05) is 18.6 Å². The highest BCUT2D eigenvalue weighted by Crippen LogP contribution is 2.18. The molecular weight excluding hydrogens is 256 g/mol. The van der Waals surface area contributed by atoms with Crippen molar-refractivity contribution in [2.45, 2.75) is 45.4 Å². The Kier molecular flexibility index (Phi) is 4.50. The Morgan fingerprint density at radius 3 is 2.44 bits per heavy atom. The maximum absolute atomic E-state index is 12.0. The highest BCUT2D eigenvalue weighted by atomic mass is 32.2. The molecule has 7 heteroatoms. The van der Waals surface area contributed by atoms with Gasteiger partial charge in [-0.25, -0.2) is 13.1 Å². The second-order valence-corrected chi connectivity index (χ2v) is 6.23. The van der Waals surface area contributed by atoms with E-state index in [1.54, 1.807) is 0 Å². The quantitative estimate of drug-likeness (QED) is 0.879. The molecule has 0 unspecified atom stereocenters. The van der Waals surface area contributed by atoms with Crippen LogP contribution in [0.3, 0.4) is 0 Å². The molecule has 102 valence electrons. The number of aryl methyl sites for hydroxylation is 2. The molecule has 0 spiro atoms. The molecule has 0 aromatic carbocycles. The van der Waals surface area contributed by atoms with Gasteiger partial charge in [0, 0.05) is 6.42 Å². The molecule has 0 radical (unpaired) electrons. The average molecular weight is 274 g/mol. The van der Waals surface area contributed by atoms with E-state index in [0.717, 1.165) is 0 Å². The van der Waals surface area contributed by atoms with Gasteiger partial charge in [0.2, 0.25) is 5.91 Å². The number of hydrogen-bond acceptors (Lipinski definition) is 5. The minimum absolute atomic E-state index is 0.0552. The van der Waals surface area contributed by atoms with Crippen molar-refractivity contribution >= 4 is 15.9 Å². The molecule has 0 saturated carbocycles. The summed E-state index contributed by atoms with van der Waals surface area (Å²) in [6.45, 7) is 6.95. The highest BCUT2D eigenvalue weighted by Gasteiger charge is 2.25. The summed E-state index contributed by atoms with van der Waals surface area (Å²) >= 11 is 0. The lowest BCUT2D eigenvalue weighted by molar-refractivity contribution is -0.119. The fourth-order valence-electron chi connectivity index (χ4n) is 1.53. The summed E-state index contributed by atoms with van der Waals surface area (Å²) in [6, 6.07) is 0. The van der Waals surface area contributed by atoms with Crippen LogP contribution in [0.25, 0.3) is 0 Å². The normalized spacial score (nSPS) is 11.8. The maximum atomic E-state index is 12.0. The Labute approximate surface area is 107 Å². The number of hydrogen-bond donors (Lipinski definition) is 1. The van der Waals surface area contributed by atoms with E-state index >= 15 is 0 Å². The summed E-state index contributed by atoms with van der Waals surface area (Å²) in [7, 11) is -3.88. The van der Waals surface area contributed by atoms with Crippen molar-refractivity contribution < 1.29 is 17.7 Å². The number of nitrogens with one attached hydrogen (secondary N) is 1. The van der Waals surface area contributed by atoms with Crippen LogP contribution in [0.1, 0.15) is 38.1 Å². The Morgan fingerprint density at radius 2 is 2.00 bits per heavy atom. The summed E-state index contributed by atoms with van der Waals surface area (Å²) in [5, 5.41) is 3.56. The summed E-state index contributed by atoms with van der Waals surface area (Å²) in [5.74, 6) is 0.0119. The summed E-state index contributed by atoms with van der Waals surface area (Å²) in [6.07, 6.45) is 0.823. The Bertz CT molecular complexity index is 512. The fourth-order valence-corrected chi connectivity index (χ4v) is 2.88. The number of carbonyl (C=O) groups excluding carboxylic acids is 1. The van der Waals surface area contributed by atoms with Gasteiger partial charge < -0.3 is 4.52 Å². The third-order valence-electron chi connectivity index (χ3n) is 2.43. The zero-order valence-electron chi connectivity index (χ0n) is 11.0. The topological polar surface area (TPSA) is 89.3 Å². The minimum Gasteiger partial charge on any atom is -0.360 e. The lowest BCUT2D eigenvalue weighted by Gasteiger charge is -2.07. The number of nitrogens with zero attached hydrogens (tertiary/aromatic N) is 1. The lowest BCUT2D eigenvalue weighted by Crippen LogP contribution is -2.31. The van der Waals surface area contributed by atoms with E-state index in [-0.39, 0.29) is 22.8 Å². The molecule has 18 heavy (non-hydrogen) atoms. The molecule has 1 aromatic rings. The van der Waals surface area contributed by atoms with Gasteiger partial charge in [0.15, 0.2) is 10.7 Å². The lowest BCUT2D eigenvalue weighted by atomic mass is 10.1. The highest BCUT2D eigenvalue weighted by molar-refractivity contribution is 7.90. The predicted molar refractivity (Wildman–Crippen MR) is 65.4 cm³/mol. The van der Waals surface area contributed by atoms with Crippen LogP contribution in [0.4, 0.5) is 0 Å². The second kappa shape index (κ2) is 5.51. The van der Waals surface area contributed by atoms with Crippen molar-refractivity contribution in [3.63, 3.8) is 0 Å². The second-order valence-electron chi connectivity index (χ2n) is 4.61. The van der Waals surface area contributed by atoms with Crippen molar-refractivity contribution in [3.05, 3.63) is 11.5 Å². The van der Waals surface area contributed by atoms with Crippen LogP contribution < -0.4 is 4.72 Å².